The second-order valence-corrected chi connectivity index (χ2v) is 2.86. The third-order valence-electron chi connectivity index (χ3n) is 0.905. The van der Waals surface area contributed by atoms with Crippen molar-refractivity contribution in [3.63, 3.8) is 0 Å². The Balaban J connectivity index is 0.000000261. The second-order valence-electron chi connectivity index (χ2n) is 2.41. The summed E-state index contributed by atoms with van der Waals surface area (Å²) >= 11 is 2.99. The summed E-state index contributed by atoms with van der Waals surface area (Å²) in [4.78, 5) is 9.44. The molecule has 0 saturated carbocycles. The van der Waals surface area contributed by atoms with Gasteiger partial charge in [-0.05, 0) is 13.8 Å². The topological polar surface area (TPSA) is 17.1 Å². The van der Waals surface area contributed by atoms with E-state index in [0.29, 0.717) is 0 Å². The van der Waals surface area contributed by atoms with Crippen LogP contribution >= 0.6 is 0 Å². The van der Waals surface area contributed by atoms with Crippen molar-refractivity contribution in [3.8, 4) is 0 Å². The van der Waals surface area contributed by atoms with E-state index in [9.17, 15) is 4.79 Å². The van der Waals surface area contributed by atoms with E-state index < -0.39 is 0 Å². The summed E-state index contributed by atoms with van der Waals surface area (Å²) in [5, 5.41) is 0. The molecule has 68 valence electrons. The van der Waals surface area contributed by atoms with Gasteiger partial charge < -0.3 is 4.79 Å². The first kappa shape index (κ1) is 11.4. The van der Waals surface area contributed by atoms with E-state index in [-0.39, 0.29) is 5.78 Å². The molecule has 0 saturated heterocycles. The van der Waals surface area contributed by atoms with Crippen molar-refractivity contribution in [1.82, 2.24) is 0 Å². The van der Waals surface area contributed by atoms with E-state index in [1.54, 1.807) is 0 Å². The van der Waals surface area contributed by atoms with Crippen molar-refractivity contribution in [2.75, 3.05) is 0 Å². The van der Waals surface area contributed by atoms with Crippen LogP contribution in [-0.4, -0.2) is 10.3 Å². The molecular weight excluding hydrogens is 243 g/mol. The normalized spacial score (nSPS) is 8.00. The first-order valence-electron chi connectivity index (χ1n) is 3.59. The standard InChI is InChI=1S/C7H6.C3H6O.Pd/c1-7-5-3-2-4-6-7;1-3(2)4;/h1-6H;1-2H3;. The molecular formula is C10H12OPd. The van der Waals surface area contributed by atoms with Crippen LogP contribution < -0.4 is 0 Å². The first-order chi connectivity index (χ1) is 5.66. The maximum atomic E-state index is 9.44. The van der Waals surface area contributed by atoms with Gasteiger partial charge in [-0.15, -0.1) is 0 Å². The molecule has 0 aliphatic carbocycles. The summed E-state index contributed by atoms with van der Waals surface area (Å²) in [6, 6.07) is 10.1. The third-order valence-corrected chi connectivity index (χ3v) is 1.42. The quantitative estimate of drug-likeness (QED) is 0.701. The number of ketones is 1. The Labute approximate surface area is 83.7 Å². The fourth-order valence-corrected chi connectivity index (χ4v) is 0.813. The van der Waals surface area contributed by atoms with E-state index >= 15 is 0 Å². The van der Waals surface area contributed by atoms with Crippen molar-refractivity contribution in [3.05, 3.63) is 35.9 Å². The van der Waals surface area contributed by atoms with Crippen LogP contribution in [0, 0.1) is 0 Å². The van der Waals surface area contributed by atoms with Crippen molar-refractivity contribution in [1.29, 1.82) is 0 Å². The Hall–Kier alpha value is -0.578. The van der Waals surface area contributed by atoms with Crippen molar-refractivity contribution in [2.24, 2.45) is 0 Å². The molecule has 0 aromatic heterocycles. The molecule has 0 spiro atoms. The molecule has 1 aromatic carbocycles. The predicted octanol–water partition coefficient (Wildman–Crippen LogP) is 1.98. The van der Waals surface area contributed by atoms with E-state index in [2.05, 4.69) is 18.7 Å². The molecule has 0 bridgehead atoms. The van der Waals surface area contributed by atoms with Gasteiger partial charge in [0.15, 0.2) is 0 Å². The maximum absolute atomic E-state index is 9.44. The Morgan fingerprint density at radius 2 is 1.67 bits per heavy atom. The number of benzene rings is 1. The molecule has 1 rings (SSSR count). The van der Waals surface area contributed by atoms with Crippen LogP contribution in [0.2, 0.25) is 0 Å². The summed E-state index contributed by atoms with van der Waals surface area (Å²) in [5.41, 5.74) is 1.22. The Morgan fingerprint density at radius 1 is 1.25 bits per heavy atom. The number of carbonyl (C=O) groups excluding carboxylic acids is 1. The molecule has 0 aliphatic rings. The van der Waals surface area contributed by atoms with Crippen LogP contribution in [0.15, 0.2) is 30.3 Å². The molecule has 0 amide bonds. The van der Waals surface area contributed by atoms with Gasteiger partial charge in [-0.3, -0.25) is 0 Å². The molecule has 0 N–H and O–H groups in total. The van der Waals surface area contributed by atoms with Crippen molar-refractivity contribution in [2.45, 2.75) is 13.8 Å². The summed E-state index contributed by atoms with van der Waals surface area (Å²) in [7, 11) is 0. The number of rotatable bonds is 1. The molecule has 12 heavy (non-hydrogen) atoms. The molecule has 0 fully saturated rings. The number of carbonyl (C=O) groups is 1. The Bertz CT molecular complexity index is 237. The third kappa shape index (κ3) is 7.53. The summed E-state index contributed by atoms with van der Waals surface area (Å²) < 4.78 is 1.93. The predicted molar refractivity (Wildman–Crippen MR) is 48.0 cm³/mol. The fraction of sp³-hybridized carbons (Fsp3) is 0.200. The monoisotopic (exact) mass is 254 g/mol. The fourth-order valence-electron chi connectivity index (χ4n) is 0.514. The zero-order chi connectivity index (χ0) is 9.40. The Morgan fingerprint density at radius 3 is 1.92 bits per heavy atom. The van der Waals surface area contributed by atoms with Crippen LogP contribution in [0.3, 0.4) is 0 Å². The van der Waals surface area contributed by atoms with Crippen LogP contribution in [0.25, 0.3) is 0 Å². The van der Waals surface area contributed by atoms with Crippen LogP contribution in [0.1, 0.15) is 19.4 Å². The molecule has 1 nitrogen and oxygen atoms in total. The van der Waals surface area contributed by atoms with Crippen LogP contribution in [0.5, 0.6) is 0 Å². The van der Waals surface area contributed by atoms with Crippen LogP contribution in [0.4, 0.5) is 0 Å². The molecule has 1 aromatic rings. The summed E-state index contributed by atoms with van der Waals surface area (Å²) in [5.74, 6) is 0.167. The van der Waals surface area contributed by atoms with E-state index in [1.165, 1.54) is 19.4 Å². The number of hydrogen-bond donors (Lipinski definition) is 0. The SMILES string of the molecule is CC(C)=O.[Pd]=[CH]c1ccccc1. The van der Waals surface area contributed by atoms with Gasteiger partial charge in [-0.2, -0.15) is 0 Å². The van der Waals surface area contributed by atoms with Gasteiger partial charge in [0.2, 0.25) is 0 Å². The molecule has 0 atom stereocenters. The van der Waals surface area contributed by atoms with Gasteiger partial charge in [0.1, 0.15) is 5.78 Å². The molecule has 0 unspecified atom stereocenters. The number of Topliss-reactive ketones (excluding diaryl/α,β-unsaturated/α-hetero) is 1. The zero-order valence-electron chi connectivity index (χ0n) is 7.19. The average Bonchev–Trinajstić information content (AvgIpc) is 2.05. The minimum atomic E-state index is 0.167. The van der Waals surface area contributed by atoms with Gasteiger partial charge in [0, 0.05) is 0 Å². The summed E-state index contributed by atoms with van der Waals surface area (Å²) in [6.45, 7) is 3.06. The minimum absolute atomic E-state index is 0.167. The van der Waals surface area contributed by atoms with E-state index in [1.807, 2.05) is 34.8 Å². The van der Waals surface area contributed by atoms with Gasteiger partial charge in [-0.1, -0.05) is 0 Å². The first-order valence-corrected chi connectivity index (χ1v) is 4.48. The summed E-state index contributed by atoms with van der Waals surface area (Å²) in [6.07, 6.45) is 0. The average molecular weight is 255 g/mol. The van der Waals surface area contributed by atoms with Gasteiger partial charge in [-0.25, -0.2) is 0 Å². The second kappa shape index (κ2) is 7.09. The number of hydrogen-bond acceptors (Lipinski definition) is 1. The molecule has 2 heteroatoms. The van der Waals surface area contributed by atoms with Gasteiger partial charge >= 0.3 is 59.1 Å². The van der Waals surface area contributed by atoms with Gasteiger partial charge in [0.05, 0.1) is 0 Å². The van der Waals surface area contributed by atoms with Crippen molar-refractivity contribution >= 4 is 10.3 Å². The van der Waals surface area contributed by atoms with E-state index in [0.717, 1.165) is 0 Å². The Kier molecular flexibility index (Phi) is 6.75. The molecule has 0 heterocycles. The van der Waals surface area contributed by atoms with E-state index in [4.69, 9.17) is 0 Å². The molecule has 0 aliphatic heterocycles. The van der Waals surface area contributed by atoms with Crippen LogP contribution in [-0.2, 0) is 23.5 Å². The molecule has 0 radical (unpaired) electrons. The van der Waals surface area contributed by atoms with Gasteiger partial charge in [0.25, 0.3) is 0 Å². The zero-order valence-corrected chi connectivity index (χ0v) is 8.74. The van der Waals surface area contributed by atoms with Crippen molar-refractivity contribution < 1.29 is 23.5 Å².